The van der Waals surface area contributed by atoms with Crippen molar-refractivity contribution in [3.8, 4) is 0 Å². The number of halogens is 1. The molecule has 1 aromatic heterocycles. The van der Waals surface area contributed by atoms with Gasteiger partial charge in [-0.2, -0.15) is 0 Å². The van der Waals surface area contributed by atoms with Gasteiger partial charge in [-0.25, -0.2) is 0 Å². The highest BCUT2D eigenvalue weighted by molar-refractivity contribution is 9.10. The molecule has 0 fully saturated rings. The molecule has 0 spiro atoms. The number of benzene rings is 1. The Bertz CT molecular complexity index is 659. The minimum Gasteiger partial charge on any atom is -0.313 e. The molecule has 20 heavy (non-hydrogen) atoms. The van der Waals surface area contributed by atoms with Gasteiger partial charge in [-0.1, -0.05) is 34.1 Å². The molecule has 0 unspecified atom stereocenters. The summed E-state index contributed by atoms with van der Waals surface area (Å²) >= 11 is 3.34. The molecule has 4 heteroatoms. The average Bonchev–Trinajstić information content (AvgIpc) is 2.42. The number of ketones is 1. The predicted molar refractivity (Wildman–Crippen MR) is 83.1 cm³/mol. The first kappa shape index (κ1) is 14.7. The van der Waals surface area contributed by atoms with Gasteiger partial charge in [-0.3, -0.25) is 9.59 Å². The second-order valence-corrected chi connectivity index (χ2v) is 5.61. The van der Waals surface area contributed by atoms with Crippen LogP contribution < -0.4 is 5.56 Å². The Balaban J connectivity index is 1.95. The molecular formula is C16H16BrNO2. The van der Waals surface area contributed by atoms with Gasteiger partial charge in [0.25, 0.3) is 5.56 Å². The van der Waals surface area contributed by atoms with E-state index in [9.17, 15) is 9.59 Å². The number of pyridine rings is 1. The number of carbonyl (C=O) groups excluding carboxylic acids is 1. The number of hydrogen-bond donors (Lipinski definition) is 0. The topological polar surface area (TPSA) is 39.1 Å². The summed E-state index contributed by atoms with van der Waals surface area (Å²) in [4.78, 5) is 23.7. The first-order valence-corrected chi connectivity index (χ1v) is 7.32. The molecule has 104 valence electrons. The monoisotopic (exact) mass is 333 g/mol. The fourth-order valence-corrected chi connectivity index (χ4v) is 2.35. The Hall–Kier alpha value is -1.68. The lowest BCUT2D eigenvalue weighted by Crippen LogP contribution is -2.21. The van der Waals surface area contributed by atoms with E-state index in [1.54, 1.807) is 16.7 Å². The molecule has 0 saturated heterocycles. The third kappa shape index (κ3) is 3.67. The number of Topliss-reactive ketones (excluding diaryl/α,β-unsaturated/α-hetero) is 1. The molecule has 0 atom stereocenters. The van der Waals surface area contributed by atoms with Gasteiger partial charge in [0.2, 0.25) is 0 Å². The first-order chi connectivity index (χ1) is 9.58. The normalized spacial score (nSPS) is 10.5. The number of hydrogen-bond acceptors (Lipinski definition) is 2. The largest absolute Gasteiger partial charge is 0.313 e. The summed E-state index contributed by atoms with van der Waals surface area (Å²) in [5.74, 6) is 0.110. The van der Waals surface area contributed by atoms with E-state index in [0.717, 1.165) is 10.2 Å². The van der Waals surface area contributed by atoms with E-state index in [1.807, 2.05) is 37.3 Å². The van der Waals surface area contributed by atoms with Gasteiger partial charge < -0.3 is 4.57 Å². The molecule has 0 aliphatic carbocycles. The first-order valence-electron chi connectivity index (χ1n) is 6.53. The van der Waals surface area contributed by atoms with E-state index in [-0.39, 0.29) is 11.3 Å². The highest BCUT2D eigenvalue weighted by Gasteiger charge is 2.06. The second-order valence-electron chi connectivity index (χ2n) is 4.69. The van der Waals surface area contributed by atoms with Crippen LogP contribution in [0, 0.1) is 6.92 Å². The van der Waals surface area contributed by atoms with Crippen molar-refractivity contribution < 1.29 is 4.79 Å². The quantitative estimate of drug-likeness (QED) is 0.784. The van der Waals surface area contributed by atoms with Gasteiger partial charge in [0, 0.05) is 34.8 Å². The van der Waals surface area contributed by atoms with Gasteiger partial charge in [0.05, 0.1) is 0 Å². The highest BCUT2D eigenvalue weighted by Crippen LogP contribution is 2.12. The molecule has 0 bridgehead atoms. The molecule has 0 radical (unpaired) electrons. The van der Waals surface area contributed by atoms with Crippen LogP contribution in [0.2, 0.25) is 0 Å². The Labute approximate surface area is 126 Å². The number of rotatable bonds is 5. The number of carbonyl (C=O) groups is 1. The van der Waals surface area contributed by atoms with E-state index >= 15 is 0 Å². The highest BCUT2D eigenvalue weighted by atomic mass is 79.9. The summed E-state index contributed by atoms with van der Waals surface area (Å²) in [7, 11) is 0. The molecular weight excluding hydrogens is 318 g/mol. The summed E-state index contributed by atoms with van der Waals surface area (Å²) in [6.45, 7) is 2.48. The smallest absolute Gasteiger partial charge is 0.250 e. The SMILES string of the molecule is Cc1cccc(=O)n1CCCC(=O)c1ccc(Br)cc1. The van der Waals surface area contributed by atoms with Crippen molar-refractivity contribution >= 4 is 21.7 Å². The molecule has 3 nitrogen and oxygen atoms in total. The van der Waals surface area contributed by atoms with Crippen LogP contribution in [-0.4, -0.2) is 10.4 Å². The molecule has 2 aromatic rings. The third-order valence-corrected chi connectivity index (χ3v) is 3.75. The predicted octanol–water partition coefficient (Wildman–Crippen LogP) is 3.58. The van der Waals surface area contributed by atoms with Crippen LogP contribution in [0.25, 0.3) is 0 Å². The molecule has 0 aliphatic rings. The lowest BCUT2D eigenvalue weighted by molar-refractivity contribution is 0.0978. The Kier molecular flexibility index (Phi) is 4.90. The van der Waals surface area contributed by atoms with Crippen LogP contribution >= 0.6 is 15.9 Å². The minimum absolute atomic E-state index is 0.0129. The molecule has 1 aromatic carbocycles. The van der Waals surface area contributed by atoms with Gasteiger partial charge in [0.15, 0.2) is 5.78 Å². The summed E-state index contributed by atoms with van der Waals surface area (Å²) in [5.41, 5.74) is 1.63. The van der Waals surface area contributed by atoms with E-state index in [0.29, 0.717) is 24.9 Å². The van der Waals surface area contributed by atoms with Gasteiger partial charge in [-0.05, 0) is 31.5 Å². The molecule has 2 rings (SSSR count). The van der Waals surface area contributed by atoms with Crippen molar-refractivity contribution in [3.63, 3.8) is 0 Å². The molecule has 0 amide bonds. The maximum absolute atomic E-state index is 12.0. The van der Waals surface area contributed by atoms with Crippen LogP contribution in [0.15, 0.2) is 51.7 Å². The molecule has 0 N–H and O–H groups in total. The summed E-state index contributed by atoms with van der Waals surface area (Å²) in [5, 5.41) is 0. The fourth-order valence-electron chi connectivity index (χ4n) is 2.09. The fraction of sp³-hybridized carbons (Fsp3) is 0.250. The average molecular weight is 334 g/mol. The van der Waals surface area contributed by atoms with Crippen molar-refractivity contribution in [3.05, 3.63) is 68.5 Å². The number of aromatic nitrogens is 1. The molecule has 0 saturated carbocycles. The van der Waals surface area contributed by atoms with Crippen LogP contribution in [0.5, 0.6) is 0 Å². The Morgan fingerprint density at radius 3 is 2.50 bits per heavy atom. The standard InChI is InChI=1S/C16H16BrNO2/c1-12-4-2-6-16(20)18(12)11-3-5-15(19)13-7-9-14(17)10-8-13/h2,4,6-10H,3,5,11H2,1H3. The molecule has 1 heterocycles. The van der Waals surface area contributed by atoms with Gasteiger partial charge >= 0.3 is 0 Å². The Morgan fingerprint density at radius 2 is 1.85 bits per heavy atom. The van der Waals surface area contributed by atoms with E-state index < -0.39 is 0 Å². The van der Waals surface area contributed by atoms with Gasteiger partial charge in [-0.15, -0.1) is 0 Å². The summed E-state index contributed by atoms with van der Waals surface area (Å²) < 4.78 is 2.66. The van der Waals surface area contributed by atoms with Crippen molar-refractivity contribution in [2.75, 3.05) is 0 Å². The van der Waals surface area contributed by atoms with Gasteiger partial charge in [0.1, 0.15) is 0 Å². The lowest BCUT2D eigenvalue weighted by atomic mass is 10.1. The maximum Gasteiger partial charge on any atom is 0.250 e. The van der Waals surface area contributed by atoms with Crippen LogP contribution in [0.3, 0.4) is 0 Å². The van der Waals surface area contributed by atoms with Crippen molar-refractivity contribution in [2.24, 2.45) is 0 Å². The summed E-state index contributed by atoms with van der Waals surface area (Å²) in [6.07, 6.45) is 1.11. The minimum atomic E-state index is -0.0129. The van der Waals surface area contributed by atoms with E-state index in [1.165, 1.54) is 0 Å². The molecule has 0 aliphatic heterocycles. The third-order valence-electron chi connectivity index (χ3n) is 3.22. The van der Waals surface area contributed by atoms with E-state index in [4.69, 9.17) is 0 Å². The number of aryl methyl sites for hydroxylation is 1. The lowest BCUT2D eigenvalue weighted by Gasteiger charge is -2.08. The van der Waals surface area contributed by atoms with Crippen LogP contribution in [-0.2, 0) is 6.54 Å². The summed E-state index contributed by atoms with van der Waals surface area (Å²) in [6, 6.07) is 12.5. The van der Waals surface area contributed by atoms with Crippen molar-refractivity contribution in [1.29, 1.82) is 0 Å². The zero-order valence-corrected chi connectivity index (χ0v) is 12.9. The maximum atomic E-state index is 12.0. The zero-order chi connectivity index (χ0) is 14.5. The zero-order valence-electron chi connectivity index (χ0n) is 11.3. The number of nitrogens with zero attached hydrogens (tertiary/aromatic N) is 1. The van der Waals surface area contributed by atoms with Crippen molar-refractivity contribution in [1.82, 2.24) is 4.57 Å². The van der Waals surface area contributed by atoms with Crippen LogP contribution in [0.4, 0.5) is 0 Å². The second kappa shape index (κ2) is 6.66. The van der Waals surface area contributed by atoms with Crippen LogP contribution in [0.1, 0.15) is 28.9 Å². The van der Waals surface area contributed by atoms with E-state index in [2.05, 4.69) is 15.9 Å². The van der Waals surface area contributed by atoms with Crippen molar-refractivity contribution in [2.45, 2.75) is 26.3 Å². The Morgan fingerprint density at radius 1 is 1.15 bits per heavy atom.